The average Bonchev–Trinajstić information content (AvgIpc) is 2.46. The van der Waals surface area contributed by atoms with E-state index >= 15 is 0 Å². The van der Waals surface area contributed by atoms with Crippen LogP contribution in [0.1, 0.15) is 49.4 Å². The number of ketones is 1. The smallest absolute Gasteiger partial charge is 0.166 e. The highest BCUT2D eigenvalue weighted by molar-refractivity contribution is 5.98. The summed E-state index contributed by atoms with van der Waals surface area (Å²) in [6, 6.07) is 8.04. The fraction of sp³-hybridized carbons (Fsp3) is 0.588. The number of Topliss-reactive ketones (excluding diaryl/α,β-unsaturated/α-hetero) is 1. The molecule has 1 aromatic rings. The Hall–Kier alpha value is -1.31. The van der Waals surface area contributed by atoms with E-state index in [1.165, 1.54) is 19.3 Å². The van der Waals surface area contributed by atoms with E-state index in [0.717, 1.165) is 24.1 Å². The summed E-state index contributed by atoms with van der Waals surface area (Å²) in [5.41, 5.74) is 1.99. The lowest BCUT2D eigenvalue weighted by molar-refractivity contribution is 0.0820. The summed E-state index contributed by atoms with van der Waals surface area (Å²) in [6.45, 7) is 2.21. The molecule has 0 radical (unpaired) electrons. The minimum atomic E-state index is 0.246. The van der Waals surface area contributed by atoms with Crippen molar-refractivity contribution in [3.05, 3.63) is 29.8 Å². The van der Waals surface area contributed by atoms with E-state index in [2.05, 4.69) is 17.9 Å². The molecule has 2 rings (SSSR count). The van der Waals surface area contributed by atoms with E-state index in [1.54, 1.807) is 0 Å². The van der Waals surface area contributed by atoms with Crippen LogP contribution in [0, 0.1) is 11.8 Å². The lowest BCUT2D eigenvalue weighted by atomic mass is 9.74. The molecule has 0 saturated heterocycles. The zero-order valence-corrected chi connectivity index (χ0v) is 12.4. The van der Waals surface area contributed by atoms with Gasteiger partial charge >= 0.3 is 0 Å². The highest BCUT2D eigenvalue weighted by Crippen LogP contribution is 2.34. The largest absolute Gasteiger partial charge is 0.378 e. The first-order chi connectivity index (χ1) is 9.13. The highest BCUT2D eigenvalue weighted by atomic mass is 16.1. The first-order valence-corrected chi connectivity index (χ1v) is 7.45. The number of carbonyl (C=O) groups excluding carboxylic acids is 1. The number of nitrogens with zero attached hydrogens (tertiary/aromatic N) is 1. The standard InChI is InChI=1S/C17H25NO/c1-4-13-8-5-6-11-16(13)17(19)14-9-7-10-15(12-14)18(2)3/h7,9-10,12-13,16H,4-6,8,11H2,1-3H3. The van der Waals surface area contributed by atoms with Crippen molar-refractivity contribution in [3.63, 3.8) is 0 Å². The van der Waals surface area contributed by atoms with E-state index < -0.39 is 0 Å². The van der Waals surface area contributed by atoms with Crippen LogP contribution in [0.3, 0.4) is 0 Å². The van der Waals surface area contributed by atoms with Crippen LogP contribution in [0.4, 0.5) is 5.69 Å². The van der Waals surface area contributed by atoms with Gasteiger partial charge in [0.15, 0.2) is 5.78 Å². The molecule has 104 valence electrons. The van der Waals surface area contributed by atoms with Gasteiger partial charge in [0.1, 0.15) is 0 Å². The summed E-state index contributed by atoms with van der Waals surface area (Å²) in [5, 5.41) is 0. The quantitative estimate of drug-likeness (QED) is 0.757. The third-order valence-corrected chi connectivity index (χ3v) is 4.42. The maximum Gasteiger partial charge on any atom is 0.166 e. The molecule has 0 N–H and O–H groups in total. The molecule has 0 spiro atoms. The third-order valence-electron chi connectivity index (χ3n) is 4.42. The third kappa shape index (κ3) is 3.17. The summed E-state index contributed by atoms with van der Waals surface area (Å²) < 4.78 is 0. The zero-order chi connectivity index (χ0) is 13.8. The molecular weight excluding hydrogens is 234 g/mol. The Balaban J connectivity index is 2.20. The number of carbonyl (C=O) groups is 1. The minimum Gasteiger partial charge on any atom is -0.378 e. The van der Waals surface area contributed by atoms with Crippen molar-refractivity contribution >= 4 is 11.5 Å². The molecule has 19 heavy (non-hydrogen) atoms. The summed E-state index contributed by atoms with van der Waals surface area (Å²) in [6.07, 6.45) is 5.92. The monoisotopic (exact) mass is 259 g/mol. The van der Waals surface area contributed by atoms with E-state index in [0.29, 0.717) is 11.7 Å². The van der Waals surface area contributed by atoms with Gasteiger partial charge in [-0.25, -0.2) is 0 Å². The first kappa shape index (κ1) is 14.1. The van der Waals surface area contributed by atoms with Crippen LogP contribution in [-0.2, 0) is 0 Å². The van der Waals surface area contributed by atoms with E-state index in [1.807, 2.05) is 32.3 Å². The Labute approximate surface area is 116 Å². The zero-order valence-electron chi connectivity index (χ0n) is 12.4. The molecule has 1 fully saturated rings. The molecular formula is C17H25NO. The van der Waals surface area contributed by atoms with Gasteiger partial charge in [0.2, 0.25) is 0 Å². The molecule has 2 nitrogen and oxygen atoms in total. The fourth-order valence-electron chi connectivity index (χ4n) is 3.19. The molecule has 1 aliphatic carbocycles. The Kier molecular flexibility index (Phi) is 4.62. The second-order valence-corrected chi connectivity index (χ2v) is 5.87. The molecule has 0 aromatic heterocycles. The van der Waals surface area contributed by atoms with Crippen LogP contribution < -0.4 is 4.90 Å². The van der Waals surface area contributed by atoms with Gasteiger partial charge < -0.3 is 4.90 Å². The van der Waals surface area contributed by atoms with Gasteiger partial charge in [-0.15, -0.1) is 0 Å². The summed E-state index contributed by atoms with van der Waals surface area (Å²) in [4.78, 5) is 14.8. The maximum atomic E-state index is 12.7. The van der Waals surface area contributed by atoms with Crippen molar-refractivity contribution in [1.29, 1.82) is 0 Å². The van der Waals surface area contributed by atoms with Crippen LogP contribution in [0.15, 0.2) is 24.3 Å². The SMILES string of the molecule is CCC1CCCCC1C(=O)c1cccc(N(C)C)c1. The van der Waals surface area contributed by atoms with E-state index in [9.17, 15) is 4.79 Å². The number of anilines is 1. The minimum absolute atomic E-state index is 0.246. The van der Waals surface area contributed by atoms with Gasteiger partial charge in [-0.2, -0.15) is 0 Å². The molecule has 1 saturated carbocycles. The van der Waals surface area contributed by atoms with Gasteiger partial charge in [-0.3, -0.25) is 4.79 Å². The lowest BCUT2D eigenvalue weighted by Crippen LogP contribution is -2.27. The van der Waals surface area contributed by atoms with Gasteiger partial charge in [0.05, 0.1) is 0 Å². The summed E-state index contributed by atoms with van der Waals surface area (Å²) in [7, 11) is 4.03. The van der Waals surface area contributed by atoms with E-state index in [4.69, 9.17) is 0 Å². The van der Waals surface area contributed by atoms with Gasteiger partial charge in [0, 0.05) is 31.3 Å². The second kappa shape index (κ2) is 6.23. The number of hydrogen-bond donors (Lipinski definition) is 0. The van der Waals surface area contributed by atoms with Crippen LogP contribution in [-0.4, -0.2) is 19.9 Å². The van der Waals surface area contributed by atoms with Gasteiger partial charge in [0.25, 0.3) is 0 Å². The summed E-state index contributed by atoms with van der Waals surface area (Å²) >= 11 is 0. The van der Waals surface area contributed by atoms with Crippen molar-refractivity contribution in [3.8, 4) is 0 Å². The van der Waals surface area contributed by atoms with Crippen molar-refractivity contribution in [1.82, 2.24) is 0 Å². The number of rotatable bonds is 4. The number of benzene rings is 1. The molecule has 0 aliphatic heterocycles. The molecule has 2 unspecified atom stereocenters. The van der Waals surface area contributed by atoms with Crippen molar-refractivity contribution in [2.75, 3.05) is 19.0 Å². The van der Waals surface area contributed by atoms with Crippen LogP contribution in [0.25, 0.3) is 0 Å². The van der Waals surface area contributed by atoms with Gasteiger partial charge in [-0.05, 0) is 30.9 Å². The lowest BCUT2D eigenvalue weighted by Gasteiger charge is -2.29. The fourth-order valence-corrected chi connectivity index (χ4v) is 3.19. The molecule has 2 atom stereocenters. The average molecular weight is 259 g/mol. The second-order valence-electron chi connectivity index (χ2n) is 5.87. The predicted octanol–water partition coefficient (Wildman–Crippen LogP) is 4.15. The predicted molar refractivity (Wildman–Crippen MR) is 80.8 cm³/mol. The van der Waals surface area contributed by atoms with Crippen LogP contribution in [0.5, 0.6) is 0 Å². The molecule has 0 amide bonds. The Morgan fingerprint density at radius 2 is 2.00 bits per heavy atom. The Morgan fingerprint density at radius 1 is 1.26 bits per heavy atom. The molecule has 0 bridgehead atoms. The topological polar surface area (TPSA) is 20.3 Å². The molecule has 2 heteroatoms. The molecule has 1 aliphatic rings. The normalized spacial score (nSPS) is 23.1. The van der Waals surface area contributed by atoms with Crippen molar-refractivity contribution < 1.29 is 4.79 Å². The van der Waals surface area contributed by atoms with Crippen LogP contribution >= 0.6 is 0 Å². The molecule has 0 heterocycles. The van der Waals surface area contributed by atoms with Crippen molar-refractivity contribution in [2.45, 2.75) is 39.0 Å². The first-order valence-electron chi connectivity index (χ1n) is 7.45. The molecule has 1 aromatic carbocycles. The maximum absolute atomic E-state index is 12.7. The van der Waals surface area contributed by atoms with Crippen molar-refractivity contribution in [2.24, 2.45) is 11.8 Å². The van der Waals surface area contributed by atoms with Gasteiger partial charge in [-0.1, -0.05) is 38.3 Å². The summed E-state index contributed by atoms with van der Waals surface area (Å²) in [5.74, 6) is 1.19. The van der Waals surface area contributed by atoms with Crippen LogP contribution in [0.2, 0.25) is 0 Å². The van der Waals surface area contributed by atoms with E-state index in [-0.39, 0.29) is 5.92 Å². The number of hydrogen-bond acceptors (Lipinski definition) is 2. The Bertz CT molecular complexity index is 439. The Morgan fingerprint density at radius 3 is 2.68 bits per heavy atom. The highest BCUT2D eigenvalue weighted by Gasteiger charge is 2.30.